The zero-order chi connectivity index (χ0) is 47.8. The molecule has 71 heavy (non-hydrogen) atoms. The van der Waals surface area contributed by atoms with Crippen molar-refractivity contribution < 1.29 is 0 Å². The Hall–Kier alpha value is -8.92. The van der Waals surface area contributed by atoms with Crippen molar-refractivity contribution >= 4 is 62.8 Å². The molecule has 0 unspecified atom stereocenters. The number of hydrogen-bond donors (Lipinski definition) is 0. The lowest BCUT2D eigenvalue weighted by atomic mass is 9.79. The molecule has 10 aromatic rings. The second-order valence-corrected chi connectivity index (χ2v) is 19.3. The van der Waals surface area contributed by atoms with Crippen LogP contribution in [0, 0.1) is 0 Å². The third kappa shape index (κ3) is 6.57. The molecular weight excluding hydrogens is 859 g/mol. The van der Waals surface area contributed by atoms with Gasteiger partial charge in [-0.1, -0.05) is 190 Å². The predicted octanol–water partition coefficient (Wildman–Crippen LogP) is 18.8. The van der Waals surface area contributed by atoms with Crippen LogP contribution in [0.1, 0.15) is 43.0 Å². The van der Waals surface area contributed by atoms with Gasteiger partial charge in [-0.3, -0.25) is 0 Å². The standard InChI is InChI=1S/C68H51N3/c1-5-21-53-54-40-41-64-57(66(54)68(3,4)59(53)6-2)39-38-45-22-10-14-34-60(45)70(64)51-29-19-25-48(43-51)46-23-18-24-47(42-46)49-26-20-30-52(44-49)71-62-36-16-12-32-56(62)65-55-31-11-15-35-61(55)69(50-27-8-7-9-28-50)63-37-17-13-33-58(63)67(65)71/h5-44H,1H2,2-4H3/b53-21-,59-6+. The highest BCUT2D eigenvalue weighted by atomic mass is 15.2. The van der Waals surface area contributed by atoms with Crippen molar-refractivity contribution in [3.05, 3.63) is 265 Å². The fraction of sp³-hybridized carbons (Fsp3) is 0.0588. The summed E-state index contributed by atoms with van der Waals surface area (Å²) in [5.41, 5.74) is 26.1. The summed E-state index contributed by atoms with van der Waals surface area (Å²) >= 11 is 0. The minimum atomic E-state index is -0.191. The molecule has 1 aromatic heterocycles. The van der Waals surface area contributed by atoms with Crippen LogP contribution in [0.2, 0.25) is 0 Å². The lowest BCUT2D eigenvalue weighted by Gasteiger charge is -2.30. The van der Waals surface area contributed by atoms with Crippen LogP contribution < -0.4 is 9.80 Å². The number of benzene rings is 9. The molecule has 0 radical (unpaired) electrons. The van der Waals surface area contributed by atoms with Crippen LogP contribution in [0.25, 0.3) is 79.0 Å². The number of hydrogen-bond acceptors (Lipinski definition) is 2. The third-order valence-electron chi connectivity index (χ3n) is 15.0. The van der Waals surface area contributed by atoms with E-state index in [-0.39, 0.29) is 5.41 Å². The number of allylic oxidation sites excluding steroid dienone is 5. The Morgan fingerprint density at radius 3 is 1.79 bits per heavy atom. The van der Waals surface area contributed by atoms with E-state index in [0.29, 0.717) is 0 Å². The van der Waals surface area contributed by atoms with E-state index in [0.717, 1.165) is 56.4 Å². The fourth-order valence-electron chi connectivity index (χ4n) is 12.0. The highest BCUT2D eigenvalue weighted by Crippen LogP contribution is 2.57. The highest BCUT2D eigenvalue weighted by molar-refractivity contribution is 6.13. The monoisotopic (exact) mass is 909 g/mol. The van der Waals surface area contributed by atoms with Gasteiger partial charge in [0.2, 0.25) is 0 Å². The van der Waals surface area contributed by atoms with Gasteiger partial charge in [0.1, 0.15) is 0 Å². The van der Waals surface area contributed by atoms with E-state index in [1.165, 1.54) is 72.4 Å². The summed E-state index contributed by atoms with van der Waals surface area (Å²) in [5, 5.41) is 1.22. The lowest BCUT2D eigenvalue weighted by Crippen LogP contribution is -2.19. The van der Waals surface area contributed by atoms with Crippen molar-refractivity contribution in [3.63, 3.8) is 0 Å². The van der Waals surface area contributed by atoms with Crippen LogP contribution in [0.4, 0.5) is 34.1 Å². The molecule has 0 saturated heterocycles. The van der Waals surface area contributed by atoms with Gasteiger partial charge in [-0.25, -0.2) is 0 Å². The molecule has 0 amide bonds. The number of rotatable bonds is 6. The molecule has 13 rings (SSSR count). The molecule has 0 atom stereocenters. The molecule has 0 N–H and O–H groups in total. The zero-order valence-electron chi connectivity index (χ0n) is 40.1. The first kappa shape index (κ1) is 42.2. The first-order valence-electron chi connectivity index (χ1n) is 24.7. The van der Waals surface area contributed by atoms with Crippen LogP contribution >= 0.6 is 0 Å². The number of aromatic nitrogens is 1. The Bertz CT molecular complexity index is 3890. The number of nitrogens with zero attached hydrogens (tertiary/aromatic N) is 3. The Morgan fingerprint density at radius 2 is 1.04 bits per heavy atom. The molecule has 338 valence electrons. The molecule has 3 aliphatic rings. The van der Waals surface area contributed by atoms with Crippen LogP contribution in [-0.2, 0) is 5.41 Å². The van der Waals surface area contributed by atoms with Crippen LogP contribution in [0.5, 0.6) is 0 Å². The Labute approximate surface area is 416 Å². The first-order valence-corrected chi connectivity index (χ1v) is 24.7. The SMILES string of the molecule is C=C/C=C1\C(=C/C)C(C)(C)c2c1ccc1c2C=Cc2ccccc2N1c1cccc(-c2cccc(-c3cccc(-n4c5c(c6ccccc64)-c4ccccc4N(c4ccccc4)c4ccccc4-5)c3)c2)c1. The Morgan fingerprint density at radius 1 is 0.465 bits per heavy atom. The molecule has 2 aliphatic heterocycles. The summed E-state index contributed by atoms with van der Waals surface area (Å²) in [6, 6.07) is 78.0. The minimum Gasteiger partial charge on any atom is -0.309 e. The topological polar surface area (TPSA) is 11.4 Å². The largest absolute Gasteiger partial charge is 0.309 e. The van der Waals surface area contributed by atoms with E-state index in [9.17, 15) is 0 Å². The third-order valence-corrected chi connectivity index (χ3v) is 15.0. The quantitative estimate of drug-likeness (QED) is 0.165. The molecule has 3 heteroatoms. The summed E-state index contributed by atoms with van der Waals surface area (Å²) in [7, 11) is 0. The van der Waals surface area contributed by atoms with Crippen molar-refractivity contribution in [3.8, 4) is 50.3 Å². The summed E-state index contributed by atoms with van der Waals surface area (Å²) in [6.07, 6.45) is 11.0. The van der Waals surface area contributed by atoms with E-state index in [1.54, 1.807) is 0 Å². The molecule has 1 aliphatic carbocycles. The van der Waals surface area contributed by atoms with Crippen LogP contribution in [-0.4, -0.2) is 4.57 Å². The van der Waals surface area contributed by atoms with Gasteiger partial charge in [0, 0.05) is 50.1 Å². The maximum Gasteiger partial charge on any atom is 0.0641 e. The van der Waals surface area contributed by atoms with Crippen LogP contribution in [0.3, 0.4) is 0 Å². The molecule has 0 bridgehead atoms. The average Bonchev–Trinajstić information content (AvgIpc) is 3.74. The molecule has 0 spiro atoms. The van der Waals surface area contributed by atoms with E-state index in [4.69, 9.17) is 0 Å². The Balaban J connectivity index is 0.933. The van der Waals surface area contributed by atoms with Gasteiger partial charge >= 0.3 is 0 Å². The zero-order valence-corrected chi connectivity index (χ0v) is 40.1. The summed E-state index contributed by atoms with van der Waals surface area (Å²) in [4.78, 5) is 4.88. The fourth-order valence-corrected chi connectivity index (χ4v) is 12.0. The molecule has 3 heterocycles. The van der Waals surface area contributed by atoms with Gasteiger partial charge in [0.25, 0.3) is 0 Å². The van der Waals surface area contributed by atoms with Crippen molar-refractivity contribution in [2.75, 3.05) is 9.80 Å². The molecule has 0 saturated carbocycles. The second-order valence-electron chi connectivity index (χ2n) is 19.3. The number of anilines is 6. The lowest BCUT2D eigenvalue weighted by molar-refractivity contribution is 0.658. The molecule has 0 fully saturated rings. The van der Waals surface area contributed by atoms with Gasteiger partial charge in [0.15, 0.2) is 0 Å². The number of para-hydroxylation sites is 5. The van der Waals surface area contributed by atoms with Gasteiger partial charge in [0.05, 0.1) is 34.0 Å². The summed E-state index contributed by atoms with van der Waals surface area (Å²) in [5.74, 6) is 0. The van der Waals surface area contributed by atoms with Gasteiger partial charge in [-0.2, -0.15) is 0 Å². The molecule has 3 nitrogen and oxygen atoms in total. The van der Waals surface area contributed by atoms with Gasteiger partial charge in [-0.05, 0) is 130 Å². The normalized spacial score (nSPS) is 15.1. The van der Waals surface area contributed by atoms with Crippen molar-refractivity contribution in [1.82, 2.24) is 4.57 Å². The van der Waals surface area contributed by atoms with E-state index in [2.05, 4.69) is 278 Å². The molecule has 9 aromatic carbocycles. The van der Waals surface area contributed by atoms with Gasteiger partial charge in [-0.15, -0.1) is 0 Å². The second kappa shape index (κ2) is 16.6. The van der Waals surface area contributed by atoms with Crippen molar-refractivity contribution in [2.45, 2.75) is 26.2 Å². The van der Waals surface area contributed by atoms with Gasteiger partial charge < -0.3 is 14.4 Å². The van der Waals surface area contributed by atoms with E-state index >= 15 is 0 Å². The minimum absolute atomic E-state index is 0.191. The average molecular weight is 910 g/mol. The van der Waals surface area contributed by atoms with Crippen molar-refractivity contribution in [2.24, 2.45) is 0 Å². The molecular formula is C68H51N3. The van der Waals surface area contributed by atoms with E-state index < -0.39 is 0 Å². The van der Waals surface area contributed by atoms with Crippen molar-refractivity contribution in [1.29, 1.82) is 0 Å². The number of fused-ring (bicyclic) bond motifs is 11. The first-order chi connectivity index (χ1) is 34.9. The van der Waals surface area contributed by atoms with Crippen LogP contribution in [0.15, 0.2) is 243 Å². The predicted molar refractivity (Wildman–Crippen MR) is 302 cm³/mol. The summed E-state index contributed by atoms with van der Waals surface area (Å²) in [6.45, 7) is 11.0. The smallest absolute Gasteiger partial charge is 0.0641 e. The van der Waals surface area contributed by atoms with E-state index in [1.807, 2.05) is 6.08 Å². The summed E-state index contributed by atoms with van der Waals surface area (Å²) < 4.78 is 2.49. The maximum absolute atomic E-state index is 4.09. The highest BCUT2D eigenvalue weighted by Gasteiger charge is 2.41. The Kier molecular flexibility index (Phi) is 9.90. The maximum atomic E-state index is 4.09.